The largest absolute Gasteiger partial charge is 0.356 e. The number of nitrogens with one attached hydrogen (secondary N) is 2. The Hall–Kier alpha value is -2.48. The third kappa shape index (κ3) is 5.11. The van der Waals surface area contributed by atoms with Gasteiger partial charge in [0.25, 0.3) is 0 Å². The lowest BCUT2D eigenvalue weighted by atomic mass is 9.95. The van der Waals surface area contributed by atoms with Crippen molar-refractivity contribution in [1.29, 1.82) is 0 Å². The molecule has 2 aliphatic rings. The molecule has 1 amide bonds. The third-order valence-electron chi connectivity index (χ3n) is 6.37. The smallest absolute Gasteiger partial charge is 0.225 e. The summed E-state index contributed by atoms with van der Waals surface area (Å²) in [5.41, 5.74) is 2.37. The second-order valence-electron chi connectivity index (χ2n) is 10.4. The van der Waals surface area contributed by atoms with Crippen molar-refractivity contribution in [3.8, 4) is 0 Å². The van der Waals surface area contributed by atoms with Gasteiger partial charge in [0, 0.05) is 55.8 Å². The summed E-state index contributed by atoms with van der Waals surface area (Å²) in [5.74, 6) is 3.79. The minimum atomic E-state index is 0.0367. The molecule has 0 saturated carbocycles. The van der Waals surface area contributed by atoms with Gasteiger partial charge in [-0.1, -0.05) is 13.8 Å². The summed E-state index contributed by atoms with van der Waals surface area (Å²) in [6, 6.07) is 0. The third-order valence-corrected chi connectivity index (χ3v) is 6.37. The molecular formula is C24H37N7O. The lowest BCUT2D eigenvalue weighted by Gasteiger charge is -2.34. The van der Waals surface area contributed by atoms with E-state index in [1.807, 2.05) is 0 Å². The average Bonchev–Trinajstić information content (AvgIpc) is 3.17. The molecule has 2 aliphatic heterocycles. The monoisotopic (exact) mass is 439 g/mol. The van der Waals surface area contributed by atoms with Gasteiger partial charge in [-0.2, -0.15) is 0 Å². The van der Waals surface area contributed by atoms with Crippen LogP contribution in [0.4, 0.5) is 11.6 Å². The van der Waals surface area contributed by atoms with Gasteiger partial charge in [-0.05, 0) is 46.0 Å². The molecule has 0 unspecified atom stereocenters. The molecule has 8 nitrogen and oxygen atoms in total. The second kappa shape index (κ2) is 9.17. The standard InChI is InChI=1S/C24H37N7O/c1-16(2)19-14-31(13-10-27-24(3,4)5)22(28-19)17-8-11-30(12-9-17)23-18-6-7-20(32)29-21(18)25-15-26-23/h14-17,27H,6-13H2,1-5H3,(H,25,26,29,32). The van der Waals surface area contributed by atoms with E-state index in [0.29, 0.717) is 30.5 Å². The van der Waals surface area contributed by atoms with Crippen LogP contribution < -0.4 is 15.5 Å². The van der Waals surface area contributed by atoms with Gasteiger partial charge in [0.05, 0.1) is 5.69 Å². The van der Waals surface area contributed by atoms with E-state index in [1.165, 1.54) is 11.5 Å². The Kier molecular flexibility index (Phi) is 6.51. The molecule has 0 atom stereocenters. The van der Waals surface area contributed by atoms with E-state index in [0.717, 1.165) is 50.4 Å². The number of hydrogen-bond donors (Lipinski definition) is 2. The Bertz CT molecular complexity index is 952. The molecular weight excluding hydrogens is 402 g/mol. The Labute approximate surface area is 191 Å². The van der Waals surface area contributed by atoms with Gasteiger partial charge in [0.15, 0.2) is 0 Å². The SMILES string of the molecule is CC(C)c1cn(CCNC(C)(C)C)c(C2CCN(c3ncnc4c3CCC(=O)N4)CC2)n1. The molecule has 1 saturated heterocycles. The van der Waals surface area contributed by atoms with Gasteiger partial charge in [-0.15, -0.1) is 0 Å². The van der Waals surface area contributed by atoms with Crippen LogP contribution in [0, 0.1) is 0 Å². The summed E-state index contributed by atoms with van der Waals surface area (Å²) in [6.07, 6.45) is 7.12. The number of amides is 1. The van der Waals surface area contributed by atoms with Crippen LogP contribution in [-0.2, 0) is 17.8 Å². The number of aromatic nitrogens is 4. The predicted molar refractivity (Wildman–Crippen MR) is 127 cm³/mol. The van der Waals surface area contributed by atoms with Gasteiger partial charge in [-0.25, -0.2) is 15.0 Å². The summed E-state index contributed by atoms with van der Waals surface area (Å²) >= 11 is 0. The minimum absolute atomic E-state index is 0.0367. The average molecular weight is 440 g/mol. The lowest BCUT2D eigenvalue weighted by Crippen LogP contribution is -2.38. The van der Waals surface area contributed by atoms with Crippen LogP contribution in [0.25, 0.3) is 0 Å². The first-order valence-corrected chi connectivity index (χ1v) is 11.9. The molecule has 1 fully saturated rings. The zero-order chi connectivity index (χ0) is 22.9. The van der Waals surface area contributed by atoms with Gasteiger partial charge >= 0.3 is 0 Å². The topological polar surface area (TPSA) is 88.0 Å². The zero-order valence-electron chi connectivity index (χ0n) is 20.1. The summed E-state index contributed by atoms with van der Waals surface area (Å²) in [5, 5.41) is 6.49. The molecule has 0 bridgehead atoms. The van der Waals surface area contributed by atoms with Crippen LogP contribution in [0.1, 0.15) is 82.8 Å². The van der Waals surface area contributed by atoms with Crippen LogP contribution in [0.3, 0.4) is 0 Å². The first-order chi connectivity index (χ1) is 15.2. The van der Waals surface area contributed by atoms with Gasteiger partial charge in [-0.3, -0.25) is 4.79 Å². The molecule has 4 rings (SSSR count). The van der Waals surface area contributed by atoms with Crippen LogP contribution in [0.5, 0.6) is 0 Å². The molecule has 2 aromatic heterocycles. The van der Waals surface area contributed by atoms with Crippen molar-refractivity contribution in [2.75, 3.05) is 29.9 Å². The highest BCUT2D eigenvalue weighted by molar-refractivity contribution is 5.93. The zero-order valence-corrected chi connectivity index (χ0v) is 20.1. The maximum Gasteiger partial charge on any atom is 0.225 e. The fraction of sp³-hybridized carbons (Fsp3) is 0.667. The van der Waals surface area contributed by atoms with Crippen LogP contribution in [0.2, 0.25) is 0 Å². The summed E-state index contributed by atoms with van der Waals surface area (Å²) < 4.78 is 2.37. The van der Waals surface area contributed by atoms with Crippen molar-refractivity contribution >= 4 is 17.5 Å². The molecule has 32 heavy (non-hydrogen) atoms. The van der Waals surface area contributed by atoms with Crippen molar-refractivity contribution in [2.24, 2.45) is 0 Å². The van der Waals surface area contributed by atoms with Crippen molar-refractivity contribution in [3.63, 3.8) is 0 Å². The van der Waals surface area contributed by atoms with Crippen molar-refractivity contribution in [3.05, 3.63) is 29.6 Å². The van der Waals surface area contributed by atoms with Crippen molar-refractivity contribution in [2.45, 2.75) is 84.2 Å². The molecule has 174 valence electrons. The normalized spacial score (nSPS) is 17.6. The van der Waals surface area contributed by atoms with E-state index in [2.05, 4.69) is 70.9 Å². The molecule has 0 radical (unpaired) electrons. The summed E-state index contributed by atoms with van der Waals surface area (Å²) in [4.78, 5) is 28.0. The van der Waals surface area contributed by atoms with Crippen molar-refractivity contribution in [1.82, 2.24) is 24.8 Å². The van der Waals surface area contributed by atoms with Crippen LogP contribution in [0.15, 0.2) is 12.5 Å². The summed E-state index contributed by atoms with van der Waals surface area (Å²) in [6.45, 7) is 14.8. The van der Waals surface area contributed by atoms with E-state index in [4.69, 9.17) is 4.98 Å². The van der Waals surface area contributed by atoms with Crippen molar-refractivity contribution < 1.29 is 4.79 Å². The maximum atomic E-state index is 11.7. The number of piperidine rings is 1. The number of carbonyl (C=O) groups is 1. The maximum absolute atomic E-state index is 11.7. The molecule has 8 heteroatoms. The van der Waals surface area contributed by atoms with E-state index < -0.39 is 0 Å². The number of hydrogen-bond acceptors (Lipinski definition) is 6. The highest BCUT2D eigenvalue weighted by Crippen LogP contribution is 2.34. The Balaban J connectivity index is 1.46. The van der Waals surface area contributed by atoms with Gasteiger partial charge in [0.1, 0.15) is 23.8 Å². The van der Waals surface area contributed by atoms with Crippen LogP contribution in [-0.4, -0.2) is 50.6 Å². The Morgan fingerprint density at radius 1 is 1.19 bits per heavy atom. The number of anilines is 2. The number of rotatable bonds is 6. The lowest BCUT2D eigenvalue weighted by molar-refractivity contribution is -0.116. The Morgan fingerprint density at radius 3 is 2.62 bits per heavy atom. The highest BCUT2D eigenvalue weighted by Gasteiger charge is 2.29. The molecule has 0 aromatic carbocycles. The molecule has 0 aliphatic carbocycles. The van der Waals surface area contributed by atoms with Crippen LogP contribution >= 0.6 is 0 Å². The predicted octanol–water partition coefficient (Wildman–Crippen LogP) is 3.45. The number of carbonyl (C=O) groups excluding carboxylic acids is 1. The minimum Gasteiger partial charge on any atom is -0.356 e. The first-order valence-electron chi connectivity index (χ1n) is 11.9. The fourth-order valence-electron chi connectivity index (χ4n) is 4.58. The fourth-order valence-corrected chi connectivity index (χ4v) is 4.58. The number of imidazole rings is 1. The highest BCUT2D eigenvalue weighted by atomic mass is 16.1. The second-order valence-corrected chi connectivity index (χ2v) is 10.4. The number of nitrogens with zero attached hydrogens (tertiary/aromatic N) is 5. The number of fused-ring (bicyclic) bond motifs is 1. The van der Waals surface area contributed by atoms with Gasteiger partial charge in [0.2, 0.25) is 5.91 Å². The first kappa shape index (κ1) is 22.7. The van der Waals surface area contributed by atoms with E-state index in [1.54, 1.807) is 6.33 Å². The van der Waals surface area contributed by atoms with Gasteiger partial charge < -0.3 is 20.1 Å². The van der Waals surface area contributed by atoms with E-state index in [9.17, 15) is 4.79 Å². The molecule has 0 spiro atoms. The summed E-state index contributed by atoms with van der Waals surface area (Å²) in [7, 11) is 0. The Morgan fingerprint density at radius 2 is 1.94 bits per heavy atom. The molecule has 2 N–H and O–H groups in total. The quantitative estimate of drug-likeness (QED) is 0.717. The molecule has 2 aromatic rings. The van der Waals surface area contributed by atoms with E-state index in [-0.39, 0.29) is 11.4 Å². The van der Waals surface area contributed by atoms with E-state index >= 15 is 0 Å². The molecule has 4 heterocycles.